The van der Waals surface area contributed by atoms with Crippen LogP contribution < -0.4 is 0 Å². The van der Waals surface area contributed by atoms with Crippen LogP contribution in [0.15, 0.2) is 24.3 Å². The first kappa shape index (κ1) is 14.6. The van der Waals surface area contributed by atoms with Crippen LogP contribution in [0.25, 0.3) is 0 Å². The summed E-state index contributed by atoms with van der Waals surface area (Å²) in [7, 11) is 4.35. The van der Waals surface area contributed by atoms with E-state index < -0.39 is 0 Å². The molecule has 1 nitrogen and oxygen atoms in total. The topological polar surface area (TPSA) is 3.24 Å². The molecule has 0 saturated heterocycles. The highest BCUT2D eigenvalue weighted by molar-refractivity contribution is 7.79. The van der Waals surface area contributed by atoms with E-state index in [4.69, 9.17) is 0 Å². The molecular weight excluding hydrogens is 226 g/mol. The van der Waals surface area contributed by atoms with E-state index in [1.807, 2.05) is 0 Å². The van der Waals surface area contributed by atoms with Gasteiger partial charge in [0, 0.05) is 11.8 Å². The van der Waals surface area contributed by atoms with Crippen molar-refractivity contribution in [2.75, 3.05) is 14.1 Å². The molecule has 1 aromatic carbocycles. The molecule has 17 heavy (non-hydrogen) atoms. The fraction of sp³-hybridized carbons (Fsp3) is 0.600. The second-order valence-corrected chi connectivity index (χ2v) is 5.60. The number of thiol groups is 1. The van der Waals surface area contributed by atoms with Crippen molar-refractivity contribution in [1.82, 2.24) is 4.90 Å². The van der Waals surface area contributed by atoms with E-state index in [0.717, 1.165) is 12.2 Å². The van der Waals surface area contributed by atoms with E-state index in [1.165, 1.54) is 17.5 Å². The van der Waals surface area contributed by atoms with E-state index in [1.54, 1.807) is 0 Å². The highest BCUT2D eigenvalue weighted by Crippen LogP contribution is 2.16. The summed E-state index contributed by atoms with van der Waals surface area (Å²) < 4.78 is 0. The number of rotatable bonds is 6. The zero-order valence-corrected chi connectivity index (χ0v) is 12.4. The van der Waals surface area contributed by atoms with Crippen molar-refractivity contribution in [1.29, 1.82) is 0 Å². The maximum atomic E-state index is 4.28. The van der Waals surface area contributed by atoms with Crippen LogP contribution in [-0.2, 0) is 12.2 Å². The zero-order valence-electron chi connectivity index (χ0n) is 11.5. The molecule has 0 aliphatic rings. The van der Waals surface area contributed by atoms with Gasteiger partial charge in [-0.3, -0.25) is 0 Å². The van der Waals surface area contributed by atoms with Crippen LogP contribution in [0.3, 0.4) is 0 Å². The second-order valence-electron chi connectivity index (χ2n) is 5.29. The quantitative estimate of drug-likeness (QED) is 0.756. The van der Waals surface area contributed by atoms with Crippen molar-refractivity contribution in [2.45, 2.75) is 38.5 Å². The molecule has 0 N–H and O–H groups in total. The van der Waals surface area contributed by atoms with E-state index in [9.17, 15) is 0 Å². The van der Waals surface area contributed by atoms with E-state index in [2.05, 4.69) is 69.7 Å². The Labute approximate surface area is 112 Å². The third kappa shape index (κ3) is 4.72. The summed E-state index contributed by atoms with van der Waals surface area (Å²) in [6.45, 7) is 4.60. The van der Waals surface area contributed by atoms with Crippen LogP contribution in [0, 0.1) is 5.92 Å². The molecule has 96 valence electrons. The Bertz CT molecular complexity index is 308. The molecule has 0 bridgehead atoms. The van der Waals surface area contributed by atoms with E-state index in [-0.39, 0.29) is 0 Å². The maximum Gasteiger partial charge on any atom is 0.0154 e. The minimum Gasteiger partial charge on any atom is -0.306 e. The summed E-state index contributed by atoms with van der Waals surface area (Å²) in [5.41, 5.74) is 2.73. The average molecular weight is 251 g/mol. The van der Waals surface area contributed by atoms with Crippen molar-refractivity contribution in [3.05, 3.63) is 35.4 Å². The van der Waals surface area contributed by atoms with Gasteiger partial charge in [-0.1, -0.05) is 38.1 Å². The van der Waals surface area contributed by atoms with Gasteiger partial charge < -0.3 is 4.90 Å². The number of benzene rings is 1. The summed E-state index contributed by atoms with van der Waals surface area (Å²) in [6.07, 6.45) is 2.39. The van der Waals surface area contributed by atoms with E-state index >= 15 is 0 Å². The van der Waals surface area contributed by atoms with Crippen molar-refractivity contribution in [3.8, 4) is 0 Å². The van der Waals surface area contributed by atoms with Crippen LogP contribution >= 0.6 is 12.6 Å². The Kier molecular flexibility index (Phi) is 6.07. The molecule has 1 rings (SSSR count). The van der Waals surface area contributed by atoms with Crippen molar-refractivity contribution < 1.29 is 0 Å². The van der Waals surface area contributed by atoms with Crippen LogP contribution in [0.4, 0.5) is 0 Å². The predicted molar refractivity (Wildman–Crippen MR) is 79.8 cm³/mol. The van der Waals surface area contributed by atoms with Gasteiger partial charge in [-0.15, -0.1) is 0 Å². The summed E-state index contributed by atoms with van der Waals surface area (Å²) in [6, 6.07) is 9.50. The largest absolute Gasteiger partial charge is 0.306 e. The molecule has 1 aromatic rings. The highest BCUT2D eigenvalue weighted by Gasteiger charge is 2.15. The Morgan fingerprint density at radius 2 is 1.59 bits per heavy atom. The smallest absolute Gasteiger partial charge is 0.0154 e. The van der Waals surface area contributed by atoms with Gasteiger partial charge in [0.25, 0.3) is 0 Å². The lowest BCUT2D eigenvalue weighted by Crippen LogP contribution is -2.33. The summed E-state index contributed by atoms with van der Waals surface area (Å²) >= 11 is 4.28. The molecule has 0 aliphatic heterocycles. The fourth-order valence-electron chi connectivity index (χ4n) is 2.31. The molecule has 0 spiro atoms. The van der Waals surface area contributed by atoms with Crippen molar-refractivity contribution in [3.63, 3.8) is 0 Å². The SMILES string of the molecule is CC(C)C(CCc1ccc(CS)cc1)N(C)C. The zero-order chi connectivity index (χ0) is 12.8. The van der Waals surface area contributed by atoms with Gasteiger partial charge >= 0.3 is 0 Å². The summed E-state index contributed by atoms with van der Waals surface area (Å²) in [5.74, 6) is 1.54. The summed E-state index contributed by atoms with van der Waals surface area (Å²) in [4.78, 5) is 2.34. The molecule has 0 saturated carbocycles. The number of nitrogens with zero attached hydrogens (tertiary/aromatic N) is 1. The van der Waals surface area contributed by atoms with E-state index in [0.29, 0.717) is 12.0 Å². The molecule has 0 amide bonds. The molecule has 0 aromatic heterocycles. The number of aryl methyl sites for hydroxylation is 1. The van der Waals surface area contributed by atoms with Gasteiger partial charge in [-0.05, 0) is 44.0 Å². The average Bonchev–Trinajstić information content (AvgIpc) is 2.29. The minimum atomic E-state index is 0.666. The number of hydrogen-bond donors (Lipinski definition) is 1. The first-order valence-corrected chi connectivity index (χ1v) is 7.03. The van der Waals surface area contributed by atoms with Crippen LogP contribution in [0.5, 0.6) is 0 Å². The minimum absolute atomic E-state index is 0.666. The Hall–Kier alpha value is -0.470. The lowest BCUT2D eigenvalue weighted by molar-refractivity contribution is 0.219. The first-order chi connectivity index (χ1) is 8.04. The van der Waals surface area contributed by atoms with Gasteiger partial charge in [0.15, 0.2) is 0 Å². The molecule has 0 heterocycles. The Morgan fingerprint density at radius 3 is 2.00 bits per heavy atom. The molecule has 0 aliphatic carbocycles. The highest BCUT2D eigenvalue weighted by atomic mass is 32.1. The normalized spacial score (nSPS) is 13.4. The molecule has 0 fully saturated rings. The van der Waals surface area contributed by atoms with Gasteiger partial charge in [-0.2, -0.15) is 12.6 Å². The van der Waals surface area contributed by atoms with Gasteiger partial charge in [-0.25, -0.2) is 0 Å². The van der Waals surface area contributed by atoms with Gasteiger partial charge in [0.05, 0.1) is 0 Å². The lowest BCUT2D eigenvalue weighted by Gasteiger charge is -2.28. The molecular formula is C15H25NS. The molecule has 0 radical (unpaired) electrons. The van der Waals surface area contributed by atoms with Crippen LogP contribution in [-0.4, -0.2) is 25.0 Å². The third-order valence-corrected chi connectivity index (χ3v) is 3.73. The van der Waals surface area contributed by atoms with Crippen molar-refractivity contribution in [2.24, 2.45) is 5.92 Å². The second kappa shape index (κ2) is 7.07. The summed E-state index contributed by atoms with van der Waals surface area (Å²) in [5, 5.41) is 0. The molecule has 1 unspecified atom stereocenters. The molecule has 1 atom stereocenters. The predicted octanol–water partition coefficient (Wildman–Crippen LogP) is 3.64. The Balaban J connectivity index is 2.53. The molecule has 2 heteroatoms. The lowest BCUT2D eigenvalue weighted by atomic mass is 9.95. The number of hydrogen-bond acceptors (Lipinski definition) is 2. The first-order valence-electron chi connectivity index (χ1n) is 6.39. The van der Waals surface area contributed by atoms with Gasteiger partial charge in [0.2, 0.25) is 0 Å². The van der Waals surface area contributed by atoms with Gasteiger partial charge in [0.1, 0.15) is 0 Å². The fourth-order valence-corrected chi connectivity index (χ4v) is 2.52. The Morgan fingerprint density at radius 1 is 1.06 bits per heavy atom. The maximum absolute atomic E-state index is 4.28. The van der Waals surface area contributed by atoms with Crippen LogP contribution in [0.2, 0.25) is 0 Å². The van der Waals surface area contributed by atoms with Crippen molar-refractivity contribution >= 4 is 12.6 Å². The standard InChI is InChI=1S/C15H25NS/c1-12(2)15(16(3)4)10-9-13-5-7-14(11-17)8-6-13/h5-8,12,15,17H,9-11H2,1-4H3. The van der Waals surface area contributed by atoms with Crippen LogP contribution in [0.1, 0.15) is 31.4 Å². The monoisotopic (exact) mass is 251 g/mol. The third-order valence-electron chi connectivity index (χ3n) is 3.37.